The van der Waals surface area contributed by atoms with Crippen LogP contribution in [0.15, 0.2) is 54.6 Å². The summed E-state index contributed by atoms with van der Waals surface area (Å²) < 4.78 is 0. The van der Waals surface area contributed by atoms with Gasteiger partial charge in [-0.05, 0) is 43.2 Å². The molecule has 0 radical (unpaired) electrons. The molecule has 2 aromatic carbocycles. The molecule has 0 atom stereocenters. The molecule has 0 bridgehead atoms. The lowest BCUT2D eigenvalue weighted by Gasteiger charge is -2.16. The normalized spacial score (nSPS) is 15.2. The van der Waals surface area contributed by atoms with Crippen molar-refractivity contribution in [3.63, 3.8) is 0 Å². The van der Waals surface area contributed by atoms with Crippen LogP contribution in [0.4, 0.5) is 5.69 Å². The predicted molar refractivity (Wildman–Crippen MR) is 99.8 cm³/mol. The second-order valence-electron chi connectivity index (χ2n) is 6.56. The average Bonchev–Trinajstić information content (AvgIpc) is 2.91. The van der Waals surface area contributed by atoms with Crippen molar-refractivity contribution >= 4 is 17.5 Å². The number of hydrogen-bond donors (Lipinski definition) is 2. The second-order valence-corrected chi connectivity index (χ2v) is 6.56. The quantitative estimate of drug-likeness (QED) is 0.814. The summed E-state index contributed by atoms with van der Waals surface area (Å²) in [4.78, 5) is 24.7. The first-order valence-corrected chi connectivity index (χ1v) is 9.00. The zero-order chi connectivity index (χ0) is 17.5. The van der Waals surface area contributed by atoms with E-state index in [1.165, 1.54) is 25.7 Å². The molecular weight excluding hydrogens is 312 g/mol. The van der Waals surface area contributed by atoms with E-state index in [4.69, 9.17) is 0 Å². The van der Waals surface area contributed by atoms with Crippen LogP contribution in [0.2, 0.25) is 0 Å². The van der Waals surface area contributed by atoms with Gasteiger partial charge in [-0.2, -0.15) is 0 Å². The molecule has 0 spiro atoms. The van der Waals surface area contributed by atoms with Crippen LogP contribution < -0.4 is 10.6 Å². The Morgan fingerprint density at radius 2 is 1.44 bits per heavy atom. The third-order valence-electron chi connectivity index (χ3n) is 4.61. The lowest BCUT2D eigenvalue weighted by molar-refractivity contribution is 0.0932. The molecule has 25 heavy (non-hydrogen) atoms. The number of amides is 2. The summed E-state index contributed by atoms with van der Waals surface area (Å²) in [5.41, 5.74) is 1.80. The summed E-state index contributed by atoms with van der Waals surface area (Å²) in [6.07, 6.45) is 6.98. The van der Waals surface area contributed by atoms with Crippen LogP contribution in [0, 0.1) is 0 Å². The minimum absolute atomic E-state index is 0.0669. The lowest BCUT2D eigenvalue weighted by atomic mass is 10.1. The van der Waals surface area contributed by atoms with Crippen molar-refractivity contribution in [3.05, 3.63) is 65.7 Å². The maximum absolute atomic E-state index is 12.5. The van der Waals surface area contributed by atoms with Gasteiger partial charge in [-0.15, -0.1) is 0 Å². The summed E-state index contributed by atoms with van der Waals surface area (Å²) in [6.45, 7) is 0. The van der Waals surface area contributed by atoms with Gasteiger partial charge in [0.2, 0.25) is 0 Å². The van der Waals surface area contributed by atoms with Gasteiger partial charge in [0, 0.05) is 22.9 Å². The highest BCUT2D eigenvalue weighted by Crippen LogP contribution is 2.18. The third kappa shape index (κ3) is 4.92. The first-order valence-electron chi connectivity index (χ1n) is 9.00. The highest BCUT2D eigenvalue weighted by molar-refractivity contribution is 6.05. The maximum atomic E-state index is 12.5. The van der Waals surface area contributed by atoms with E-state index >= 15 is 0 Å². The van der Waals surface area contributed by atoms with E-state index in [0.717, 1.165) is 12.8 Å². The van der Waals surface area contributed by atoms with Crippen LogP contribution >= 0.6 is 0 Å². The zero-order valence-electron chi connectivity index (χ0n) is 14.3. The molecular formula is C21H24N2O2. The molecule has 2 aromatic rings. The summed E-state index contributed by atoms with van der Waals surface area (Å²) in [5.74, 6) is -0.246. The first-order chi connectivity index (χ1) is 12.2. The Morgan fingerprint density at radius 1 is 0.760 bits per heavy atom. The van der Waals surface area contributed by atoms with E-state index in [1.807, 2.05) is 18.2 Å². The largest absolute Gasteiger partial charge is 0.349 e. The number of benzene rings is 2. The lowest BCUT2D eigenvalue weighted by Crippen LogP contribution is -2.34. The molecule has 1 saturated carbocycles. The molecule has 3 rings (SSSR count). The van der Waals surface area contributed by atoms with E-state index in [0.29, 0.717) is 16.8 Å². The van der Waals surface area contributed by atoms with E-state index in [-0.39, 0.29) is 17.9 Å². The molecule has 0 aromatic heterocycles. The van der Waals surface area contributed by atoms with Crippen LogP contribution in [-0.4, -0.2) is 17.9 Å². The van der Waals surface area contributed by atoms with Crippen LogP contribution in [-0.2, 0) is 0 Å². The fourth-order valence-electron chi connectivity index (χ4n) is 3.22. The van der Waals surface area contributed by atoms with Crippen LogP contribution in [0.1, 0.15) is 59.2 Å². The maximum Gasteiger partial charge on any atom is 0.255 e. The zero-order valence-corrected chi connectivity index (χ0v) is 14.3. The highest BCUT2D eigenvalue weighted by atomic mass is 16.2. The minimum atomic E-state index is -0.179. The third-order valence-corrected chi connectivity index (χ3v) is 4.61. The van der Waals surface area contributed by atoms with Crippen LogP contribution in [0.3, 0.4) is 0 Å². The Kier molecular flexibility index (Phi) is 5.83. The molecule has 2 amide bonds. The van der Waals surface area contributed by atoms with Crippen molar-refractivity contribution < 1.29 is 9.59 Å². The smallest absolute Gasteiger partial charge is 0.255 e. The Labute approximate surface area is 148 Å². The topological polar surface area (TPSA) is 58.2 Å². The van der Waals surface area contributed by atoms with Gasteiger partial charge < -0.3 is 10.6 Å². The Balaban J connectivity index is 1.64. The molecule has 0 saturated heterocycles. The predicted octanol–water partition coefficient (Wildman–Crippen LogP) is 4.39. The number of nitrogens with one attached hydrogen (secondary N) is 2. The van der Waals surface area contributed by atoms with Crippen molar-refractivity contribution in [1.82, 2.24) is 5.32 Å². The van der Waals surface area contributed by atoms with Crippen molar-refractivity contribution in [2.24, 2.45) is 0 Å². The first kappa shape index (κ1) is 17.2. The summed E-state index contributed by atoms with van der Waals surface area (Å²) >= 11 is 0. The van der Waals surface area contributed by atoms with E-state index in [2.05, 4.69) is 10.6 Å². The van der Waals surface area contributed by atoms with E-state index < -0.39 is 0 Å². The monoisotopic (exact) mass is 336 g/mol. The average molecular weight is 336 g/mol. The molecule has 4 heteroatoms. The van der Waals surface area contributed by atoms with Crippen LogP contribution in [0.25, 0.3) is 0 Å². The number of carbonyl (C=O) groups excluding carboxylic acids is 2. The molecule has 0 aliphatic heterocycles. The molecule has 0 unspecified atom stereocenters. The Hall–Kier alpha value is -2.62. The van der Waals surface area contributed by atoms with E-state index in [9.17, 15) is 9.59 Å². The van der Waals surface area contributed by atoms with Gasteiger partial charge in [0.05, 0.1) is 0 Å². The number of rotatable bonds is 4. The van der Waals surface area contributed by atoms with Crippen molar-refractivity contribution in [3.8, 4) is 0 Å². The minimum Gasteiger partial charge on any atom is -0.349 e. The summed E-state index contributed by atoms with van der Waals surface area (Å²) in [6, 6.07) is 16.4. The van der Waals surface area contributed by atoms with Crippen LogP contribution in [0.5, 0.6) is 0 Å². The molecule has 0 heterocycles. The van der Waals surface area contributed by atoms with Gasteiger partial charge >= 0.3 is 0 Å². The summed E-state index contributed by atoms with van der Waals surface area (Å²) in [5, 5.41) is 5.98. The fraction of sp³-hybridized carbons (Fsp3) is 0.333. The Bertz CT molecular complexity index is 720. The number of hydrogen-bond acceptors (Lipinski definition) is 2. The number of carbonyl (C=O) groups is 2. The van der Waals surface area contributed by atoms with Gasteiger partial charge in [0.15, 0.2) is 0 Å². The van der Waals surface area contributed by atoms with Gasteiger partial charge in [-0.3, -0.25) is 9.59 Å². The molecule has 1 aliphatic rings. The Morgan fingerprint density at radius 3 is 2.16 bits per heavy atom. The standard InChI is InChI=1S/C21H24N2O2/c24-20(16-9-4-3-5-10-16)23-19-14-8-11-17(15-19)21(25)22-18-12-6-1-2-7-13-18/h3-5,8-11,14-15,18H,1-2,6-7,12-13H2,(H,22,25)(H,23,24). The van der Waals surface area contributed by atoms with Gasteiger partial charge in [-0.1, -0.05) is 49.9 Å². The second kappa shape index (κ2) is 8.47. The van der Waals surface area contributed by atoms with Crippen molar-refractivity contribution in [1.29, 1.82) is 0 Å². The molecule has 4 nitrogen and oxygen atoms in total. The SMILES string of the molecule is O=C(Nc1cccc(C(=O)NC2CCCCCC2)c1)c1ccccc1. The molecule has 130 valence electrons. The van der Waals surface area contributed by atoms with Gasteiger partial charge in [0.1, 0.15) is 0 Å². The molecule has 1 aliphatic carbocycles. The molecule has 2 N–H and O–H groups in total. The van der Waals surface area contributed by atoms with Crippen molar-refractivity contribution in [2.45, 2.75) is 44.6 Å². The van der Waals surface area contributed by atoms with Crippen molar-refractivity contribution in [2.75, 3.05) is 5.32 Å². The van der Waals surface area contributed by atoms with Gasteiger partial charge in [-0.25, -0.2) is 0 Å². The van der Waals surface area contributed by atoms with E-state index in [1.54, 1.807) is 36.4 Å². The fourth-order valence-corrected chi connectivity index (χ4v) is 3.22. The van der Waals surface area contributed by atoms with Gasteiger partial charge in [0.25, 0.3) is 11.8 Å². The summed E-state index contributed by atoms with van der Waals surface area (Å²) in [7, 11) is 0. The molecule has 1 fully saturated rings. The number of anilines is 1. The highest BCUT2D eigenvalue weighted by Gasteiger charge is 2.16.